The Balaban J connectivity index is 1.55. The maximum absolute atomic E-state index is 13.7. The van der Waals surface area contributed by atoms with E-state index < -0.39 is 17.2 Å². The predicted octanol–water partition coefficient (Wildman–Crippen LogP) is 5.83. The van der Waals surface area contributed by atoms with E-state index in [0.29, 0.717) is 18.4 Å². The molecule has 3 heteroatoms. The van der Waals surface area contributed by atoms with E-state index in [0.717, 1.165) is 31.2 Å². The van der Waals surface area contributed by atoms with Crippen LogP contribution in [0.2, 0.25) is 0 Å². The predicted molar refractivity (Wildman–Crippen MR) is 99.7 cm³/mol. The van der Waals surface area contributed by atoms with Gasteiger partial charge in [0.1, 0.15) is 23.3 Å². The van der Waals surface area contributed by atoms with Gasteiger partial charge in [-0.3, -0.25) is 0 Å². The third-order valence-electron chi connectivity index (χ3n) is 4.71. The van der Waals surface area contributed by atoms with Crippen molar-refractivity contribution in [2.45, 2.75) is 38.5 Å². The summed E-state index contributed by atoms with van der Waals surface area (Å²) in [6.45, 7) is 0. The first-order valence-electron chi connectivity index (χ1n) is 8.97. The van der Waals surface area contributed by atoms with E-state index in [1.165, 1.54) is 23.3 Å². The molecule has 0 spiro atoms. The first-order valence-corrected chi connectivity index (χ1v) is 8.97. The highest BCUT2D eigenvalue weighted by Gasteiger charge is 2.10. The summed E-state index contributed by atoms with van der Waals surface area (Å²) in [5.74, 6) is -1.58. The molecule has 0 fully saturated rings. The zero-order valence-corrected chi connectivity index (χ0v) is 14.6. The largest absolute Gasteiger partial charge is 0.205 e. The molecule has 0 unspecified atom stereocenters. The smallest absolute Gasteiger partial charge is 0.144 e. The second kappa shape index (κ2) is 8.58. The number of nitriles is 1. The lowest BCUT2D eigenvalue weighted by Gasteiger charge is -2.08. The maximum atomic E-state index is 13.7. The van der Waals surface area contributed by atoms with Crippen molar-refractivity contribution in [2.75, 3.05) is 0 Å². The van der Waals surface area contributed by atoms with Gasteiger partial charge in [0.15, 0.2) is 0 Å². The lowest BCUT2D eigenvalue weighted by molar-refractivity contribution is 0.573. The van der Waals surface area contributed by atoms with Crippen molar-refractivity contribution in [1.29, 1.82) is 5.26 Å². The second-order valence-corrected chi connectivity index (χ2v) is 6.62. The molecule has 3 rings (SSSR count). The molecular formula is C23H21F2N. The molecule has 132 valence electrons. The third kappa shape index (κ3) is 4.67. The summed E-state index contributed by atoms with van der Waals surface area (Å²) >= 11 is 0. The fourth-order valence-corrected chi connectivity index (χ4v) is 3.18. The topological polar surface area (TPSA) is 23.8 Å². The Morgan fingerprint density at radius 1 is 0.808 bits per heavy atom. The average Bonchev–Trinajstić information content (AvgIpc) is 2.66. The summed E-state index contributed by atoms with van der Waals surface area (Å²) in [5.41, 5.74) is 3.89. The van der Waals surface area contributed by atoms with Crippen LogP contribution in [0.25, 0.3) is 0 Å². The summed E-state index contributed by atoms with van der Waals surface area (Å²) in [6, 6.07) is 12.5. The normalized spacial score (nSPS) is 13.3. The molecule has 1 nitrogen and oxygen atoms in total. The minimum absolute atomic E-state index is 0.513. The highest BCUT2D eigenvalue weighted by molar-refractivity contribution is 5.35. The van der Waals surface area contributed by atoms with Crippen LogP contribution in [0.5, 0.6) is 0 Å². The molecular weight excluding hydrogens is 328 g/mol. The molecule has 1 aliphatic carbocycles. The van der Waals surface area contributed by atoms with Crippen LogP contribution in [-0.2, 0) is 19.3 Å². The van der Waals surface area contributed by atoms with Gasteiger partial charge in [0.2, 0.25) is 0 Å². The van der Waals surface area contributed by atoms with Crippen LogP contribution in [0.3, 0.4) is 0 Å². The average molecular weight is 349 g/mol. The molecule has 0 heterocycles. The van der Waals surface area contributed by atoms with Gasteiger partial charge in [-0.05, 0) is 67.3 Å². The number of hydrogen-bond donors (Lipinski definition) is 0. The Labute approximate surface area is 153 Å². The first-order chi connectivity index (χ1) is 12.7. The minimum Gasteiger partial charge on any atom is -0.205 e. The Hall–Kier alpha value is -2.73. The quantitative estimate of drug-likeness (QED) is 0.643. The molecule has 26 heavy (non-hydrogen) atoms. The van der Waals surface area contributed by atoms with Crippen LogP contribution in [0.4, 0.5) is 8.78 Å². The van der Waals surface area contributed by atoms with E-state index in [1.807, 2.05) is 0 Å². The molecule has 0 amide bonds. The summed E-state index contributed by atoms with van der Waals surface area (Å²) in [4.78, 5) is 0. The van der Waals surface area contributed by atoms with E-state index in [1.54, 1.807) is 6.07 Å². The number of nitrogens with zero attached hydrogens (tertiary/aromatic N) is 1. The summed E-state index contributed by atoms with van der Waals surface area (Å²) in [6.07, 6.45) is 12.4. The molecule has 0 saturated heterocycles. The highest BCUT2D eigenvalue weighted by Crippen LogP contribution is 2.18. The van der Waals surface area contributed by atoms with Crippen molar-refractivity contribution < 1.29 is 8.78 Å². The molecule has 0 saturated carbocycles. The van der Waals surface area contributed by atoms with Gasteiger partial charge in [-0.25, -0.2) is 8.78 Å². The van der Waals surface area contributed by atoms with Crippen molar-refractivity contribution in [1.82, 2.24) is 0 Å². The fourth-order valence-electron chi connectivity index (χ4n) is 3.18. The van der Waals surface area contributed by atoms with Crippen LogP contribution in [-0.4, -0.2) is 0 Å². The number of benzene rings is 2. The molecule has 2 aromatic carbocycles. The Morgan fingerprint density at radius 3 is 1.92 bits per heavy atom. The van der Waals surface area contributed by atoms with Crippen LogP contribution in [0, 0.1) is 23.0 Å². The van der Waals surface area contributed by atoms with E-state index in [-0.39, 0.29) is 0 Å². The van der Waals surface area contributed by atoms with Gasteiger partial charge < -0.3 is 0 Å². The maximum Gasteiger partial charge on any atom is 0.144 e. The zero-order chi connectivity index (χ0) is 18.4. The number of rotatable bonds is 6. The Bertz CT molecular complexity index is 847. The third-order valence-corrected chi connectivity index (χ3v) is 4.71. The Morgan fingerprint density at radius 2 is 1.38 bits per heavy atom. The minimum atomic E-state index is -0.788. The van der Waals surface area contributed by atoms with Crippen molar-refractivity contribution in [3.63, 3.8) is 0 Å². The summed E-state index contributed by atoms with van der Waals surface area (Å²) < 4.78 is 27.3. The van der Waals surface area contributed by atoms with Gasteiger partial charge in [0.25, 0.3) is 0 Å². The van der Waals surface area contributed by atoms with E-state index in [2.05, 4.69) is 42.5 Å². The molecule has 0 N–H and O–H groups in total. The summed E-state index contributed by atoms with van der Waals surface area (Å²) in [5, 5.41) is 8.71. The van der Waals surface area contributed by atoms with Crippen molar-refractivity contribution >= 4 is 0 Å². The summed E-state index contributed by atoms with van der Waals surface area (Å²) in [7, 11) is 0. The lowest BCUT2D eigenvalue weighted by Crippen LogP contribution is -1.97. The molecule has 0 aliphatic heterocycles. The van der Waals surface area contributed by atoms with Crippen LogP contribution >= 0.6 is 0 Å². The molecule has 1 aliphatic rings. The Kier molecular flexibility index (Phi) is 5.96. The molecule has 0 aromatic heterocycles. The fraction of sp³-hybridized carbons (Fsp3) is 0.261. The van der Waals surface area contributed by atoms with Gasteiger partial charge in [-0.2, -0.15) is 5.26 Å². The van der Waals surface area contributed by atoms with Crippen LogP contribution < -0.4 is 0 Å². The highest BCUT2D eigenvalue weighted by atomic mass is 19.1. The van der Waals surface area contributed by atoms with Gasteiger partial charge in [0, 0.05) is 0 Å². The standard InChI is InChI=1S/C23H21F2N/c24-22-14-20(15-23(25)21(22)16-26)13-12-19-10-8-18(9-11-19)7-6-17-4-2-1-3-5-17/h2,4-5,8-11,14-15H,1,3,6-7,12-13H2. The van der Waals surface area contributed by atoms with Gasteiger partial charge in [0.05, 0.1) is 0 Å². The van der Waals surface area contributed by atoms with Gasteiger partial charge in [-0.1, -0.05) is 48.1 Å². The lowest BCUT2D eigenvalue weighted by atomic mass is 9.98. The number of halogens is 2. The van der Waals surface area contributed by atoms with Crippen molar-refractivity contribution in [2.24, 2.45) is 0 Å². The SMILES string of the molecule is N#Cc1c(F)cc(CCc2ccc(CCC3=CCCC=C3)cc2)cc1F. The van der Waals surface area contributed by atoms with E-state index in [9.17, 15) is 8.78 Å². The van der Waals surface area contributed by atoms with Gasteiger partial charge >= 0.3 is 0 Å². The molecule has 0 radical (unpaired) electrons. The van der Waals surface area contributed by atoms with Crippen LogP contribution in [0.1, 0.15) is 41.5 Å². The molecule has 2 aromatic rings. The number of allylic oxidation sites excluding steroid dienone is 4. The van der Waals surface area contributed by atoms with Crippen molar-refractivity contribution in [3.8, 4) is 6.07 Å². The van der Waals surface area contributed by atoms with E-state index in [4.69, 9.17) is 5.26 Å². The van der Waals surface area contributed by atoms with Gasteiger partial charge in [-0.15, -0.1) is 0 Å². The number of aryl methyl sites for hydroxylation is 3. The van der Waals surface area contributed by atoms with Crippen molar-refractivity contribution in [3.05, 3.63) is 94.1 Å². The second-order valence-electron chi connectivity index (χ2n) is 6.62. The molecule has 0 bridgehead atoms. The van der Waals surface area contributed by atoms with E-state index >= 15 is 0 Å². The van der Waals surface area contributed by atoms with Crippen LogP contribution in [0.15, 0.2) is 60.2 Å². The first kappa shape index (κ1) is 18.1. The molecule has 0 atom stereocenters. The monoisotopic (exact) mass is 349 g/mol. The number of hydrogen-bond acceptors (Lipinski definition) is 1. The zero-order valence-electron chi connectivity index (χ0n) is 14.6.